The highest BCUT2D eigenvalue weighted by Crippen LogP contribution is 2.37. The van der Waals surface area contributed by atoms with Crippen molar-refractivity contribution in [3.63, 3.8) is 0 Å². The second-order valence-electron chi connectivity index (χ2n) is 5.74. The molecule has 2 aromatic carbocycles. The molecule has 0 radical (unpaired) electrons. The number of pyridine rings is 1. The molecule has 0 aromatic heterocycles. The summed E-state index contributed by atoms with van der Waals surface area (Å²) in [5.41, 5.74) is 4.76. The van der Waals surface area contributed by atoms with Gasteiger partial charge in [-0.15, -0.1) is 17.0 Å². The van der Waals surface area contributed by atoms with Gasteiger partial charge in [-0.05, 0) is 30.0 Å². The van der Waals surface area contributed by atoms with Crippen molar-refractivity contribution in [2.45, 2.75) is 13.5 Å². The Morgan fingerprint density at radius 1 is 0.833 bits per heavy atom. The number of hydrogen-bond donors (Lipinski definition) is 1. The average Bonchev–Trinajstić information content (AvgIpc) is 2.61. The summed E-state index contributed by atoms with van der Waals surface area (Å²) in [5.74, 6) is 0. The van der Waals surface area contributed by atoms with Crippen molar-refractivity contribution in [2.24, 2.45) is 0 Å². The third kappa shape index (κ3) is 2.55. The highest BCUT2D eigenvalue weighted by atomic mass is 79.9. The Hall–Kier alpha value is -2.39. The van der Waals surface area contributed by atoms with Crippen LogP contribution in [0.2, 0.25) is 0 Å². The van der Waals surface area contributed by atoms with Gasteiger partial charge in [0.1, 0.15) is 0 Å². The lowest BCUT2D eigenvalue weighted by molar-refractivity contribution is 0.776. The van der Waals surface area contributed by atoms with E-state index in [4.69, 9.17) is 5.41 Å². The Kier molecular flexibility index (Phi) is 4.54. The number of benzene rings is 3. The van der Waals surface area contributed by atoms with E-state index in [-0.39, 0.29) is 17.0 Å². The summed E-state index contributed by atoms with van der Waals surface area (Å²) in [6.45, 7) is 3.03. The van der Waals surface area contributed by atoms with Gasteiger partial charge in [0, 0.05) is 17.5 Å². The number of fused-ring (bicyclic) bond motifs is 3. The molecule has 1 aliphatic carbocycles. The molecule has 0 amide bonds. The molecular formula is C21H19BrN2. The molecule has 3 heteroatoms. The van der Waals surface area contributed by atoms with Gasteiger partial charge in [0.2, 0.25) is 0 Å². The van der Waals surface area contributed by atoms with Crippen LogP contribution in [0.5, 0.6) is 0 Å². The number of hydrogen-bond acceptors (Lipinski definition) is 1. The Balaban J connectivity index is 0.00000169. The first-order chi connectivity index (χ1) is 11.3. The van der Waals surface area contributed by atoms with E-state index in [1.165, 1.54) is 27.6 Å². The summed E-state index contributed by atoms with van der Waals surface area (Å²) < 4.78 is 2.32. The minimum absolute atomic E-state index is 0. The second kappa shape index (κ2) is 6.62. The summed E-state index contributed by atoms with van der Waals surface area (Å²) in [6.07, 6.45) is 0. The summed E-state index contributed by atoms with van der Waals surface area (Å²) in [6, 6.07) is 25.0. The van der Waals surface area contributed by atoms with E-state index >= 15 is 0 Å². The molecule has 0 bridgehead atoms. The molecule has 0 unspecified atom stereocenters. The number of nitrogens with zero attached hydrogens (tertiary/aromatic N) is 1. The average molecular weight is 379 g/mol. The first kappa shape index (κ1) is 16.5. The van der Waals surface area contributed by atoms with Gasteiger partial charge in [0.15, 0.2) is 0 Å². The monoisotopic (exact) mass is 378 g/mol. The van der Waals surface area contributed by atoms with Crippen LogP contribution in [-0.2, 0) is 6.54 Å². The van der Waals surface area contributed by atoms with Crippen LogP contribution in [0.25, 0.3) is 33.3 Å². The van der Waals surface area contributed by atoms with Gasteiger partial charge in [0.25, 0.3) is 0 Å². The van der Waals surface area contributed by atoms with Crippen LogP contribution in [0, 0.1) is 5.41 Å². The lowest BCUT2D eigenvalue weighted by Crippen LogP contribution is -2.11. The van der Waals surface area contributed by atoms with Gasteiger partial charge in [0.05, 0.1) is 16.7 Å². The Bertz CT molecular complexity index is 1020. The summed E-state index contributed by atoms with van der Waals surface area (Å²) in [5, 5.41) is 11.1. The molecule has 0 saturated carbocycles. The van der Waals surface area contributed by atoms with Crippen molar-refractivity contribution in [3.05, 3.63) is 78.2 Å². The number of nitrogens with one attached hydrogen (secondary N) is 1. The van der Waals surface area contributed by atoms with Crippen molar-refractivity contribution in [1.82, 2.24) is 4.57 Å². The fourth-order valence-corrected chi connectivity index (χ4v) is 3.41. The van der Waals surface area contributed by atoms with Crippen molar-refractivity contribution >= 4 is 27.8 Å². The van der Waals surface area contributed by atoms with Crippen LogP contribution in [0.15, 0.2) is 72.8 Å². The van der Waals surface area contributed by atoms with Crippen LogP contribution in [0.4, 0.5) is 0 Å². The minimum Gasteiger partial charge on any atom is -0.340 e. The molecule has 2 nitrogen and oxygen atoms in total. The van der Waals surface area contributed by atoms with Gasteiger partial charge < -0.3 is 9.98 Å². The smallest absolute Gasteiger partial charge is 0.0564 e. The van der Waals surface area contributed by atoms with Crippen LogP contribution in [-0.4, -0.2) is 4.57 Å². The molecule has 0 saturated heterocycles. The van der Waals surface area contributed by atoms with Crippen molar-refractivity contribution < 1.29 is 0 Å². The van der Waals surface area contributed by atoms with E-state index < -0.39 is 0 Å². The highest BCUT2D eigenvalue weighted by molar-refractivity contribution is 8.93. The molecule has 2 aromatic rings. The first-order valence-corrected chi connectivity index (χ1v) is 7.95. The minimum atomic E-state index is 0. The Morgan fingerprint density at radius 2 is 1.50 bits per heavy atom. The quantitative estimate of drug-likeness (QED) is 0.446. The molecule has 24 heavy (non-hydrogen) atoms. The second-order valence-corrected chi connectivity index (χ2v) is 5.74. The van der Waals surface area contributed by atoms with Gasteiger partial charge >= 0.3 is 0 Å². The van der Waals surface area contributed by atoms with Crippen LogP contribution < -0.4 is 5.36 Å². The number of aromatic nitrogens is 1. The van der Waals surface area contributed by atoms with E-state index in [2.05, 4.69) is 66.1 Å². The molecular weight excluding hydrogens is 360 g/mol. The molecule has 4 rings (SSSR count). The topological polar surface area (TPSA) is 28.8 Å². The van der Waals surface area contributed by atoms with E-state index in [1.807, 2.05) is 18.2 Å². The molecule has 1 aliphatic heterocycles. The largest absolute Gasteiger partial charge is 0.340 e. The maximum Gasteiger partial charge on any atom is 0.0564 e. The van der Waals surface area contributed by atoms with Gasteiger partial charge in [-0.25, -0.2) is 0 Å². The molecule has 1 heterocycles. The lowest BCUT2D eigenvalue weighted by atomic mass is 9.95. The predicted molar refractivity (Wildman–Crippen MR) is 106 cm³/mol. The molecule has 0 spiro atoms. The van der Waals surface area contributed by atoms with E-state index in [9.17, 15) is 0 Å². The fourth-order valence-electron chi connectivity index (χ4n) is 3.41. The van der Waals surface area contributed by atoms with Crippen molar-refractivity contribution in [3.8, 4) is 22.5 Å². The number of halogens is 1. The van der Waals surface area contributed by atoms with Crippen LogP contribution >= 0.6 is 17.0 Å². The molecule has 1 N–H and O–H groups in total. The normalized spacial score (nSPS) is 10.7. The SMILES string of the molecule is Br.CCn1c2cc(=N)ccc-2c2ccccc2c1-c1ccccc1. The van der Waals surface area contributed by atoms with Crippen molar-refractivity contribution in [1.29, 1.82) is 5.41 Å². The van der Waals surface area contributed by atoms with E-state index in [0.29, 0.717) is 5.36 Å². The van der Waals surface area contributed by atoms with Gasteiger partial charge in [-0.1, -0.05) is 60.7 Å². The Labute approximate surface area is 152 Å². The van der Waals surface area contributed by atoms with Crippen LogP contribution in [0.3, 0.4) is 0 Å². The molecule has 0 fully saturated rings. The third-order valence-electron chi connectivity index (χ3n) is 4.39. The number of rotatable bonds is 2. The first-order valence-electron chi connectivity index (χ1n) is 7.95. The molecule has 120 valence electrons. The summed E-state index contributed by atoms with van der Waals surface area (Å²) >= 11 is 0. The summed E-state index contributed by atoms with van der Waals surface area (Å²) in [7, 11) is 0. The molecule has 0 atom stereocenters. The standard InChI is InChI=1S/C21H18N2.BrH/c1-2-23-20-14-16(22)12-13-18(20)17-10-6-7-11-19(17)21(23)15-8-4-3-5-9-15;/h3-14,22H,2H2,1H3;1H. The molecule has 2 aliphatic rings. The lowest BCUT2D eigenvalue weighted by Gasteiger charge is -2.23. The zero-order chi connectivity index (χ0) is 15.8. The van der Waals surface area contributed by atoms with Gasteiger partial charge in [-0.2, -0.15) is 0 Å². The fraction of sp³-hybridized carbons (Fsp3) is 0.0952. The predicted octanol–water partition coefficient (Wildman–Crippen LogP) is 5.49. The van der Waals surface area contributed by atoms with Gasteiger partial charge in [-0.3, -0.25) is 0 Å². The van der Waals surface area contributed by atoms with Crippen molar-refractivity contribution in [2.75, 3.05) is 0 Å². The zero-order valence-corrected chi connectivity index (χ0v) is 15.2. The summed E-state index contributed by atoms with van der Waals surface area (Å²) in [4.78, 5) is 0. The third-order valence-corrected chi connectivity index (χ3v) is 4.39. The maximum atomic E-state index is 8.02. The Morgan fingerprint density at radius 3 is 2.21 bits per heavy atom. The zero-order valence-electron chi connectivity index (χ0n) is 13.5. The van der Waals surface area contributed by atoms with Crippen LogP contribution in [0.1, 0.15) is 6.92 Å². The van der Waals surface area contributed by atoms with E-state index in [0.717, 1.165) is 12.2 Å². The highest BCUT2D eigenvalue weighted by Gasteiger charge is 2.16. The van der Waals surface area contributed by atoms with E-state index in [1.54, 1.807) is 0 Å². The maximum absolute atomic E-state index is 8.02.